The van der Waals surface area contributed by atoms with E-state index < -0.39 is 0 Å². The molecule has 1 saturated heterocycles. The van der Waals surface area contributed by atoms with E-state index in [4.69, 9.17) is 4.74 Å². The zero-order valence-electron chi connectivity index (χ0n) is 14.4. The van der Waals surface area contributed by atoms with Crippen molar-refractivity contribution >= 4 is 17.3 Å². The molecule has 1 aromatic heterocycles. The third kappa shape index (κ3) is 3.24. The second-order valence-electron chi connectivity index (χ2n) is 6.80. The molecule has 2 atom stereocenters. The van der Waals surface area contributed by atoms with Gasteiger partial charge < -0.3 is 15.0 Å². The zero-order valence-corrected chi connectivity index (χ0v) is 14.4. The van der Waals surface area contributed by atoms with Crippen molar-refractivity contribution in [2.45, 2.75) is 38.3 Å². The van der Waals surface area contributed by atoms with Gasteiger partial charge in [-0.25, -0.2) is 0 Å². The van der Waals surface area contributed by atoms with Gasteiger partial charge in [-0.2, -0.15) is 0 Å². The molecule has 130 valence electrons. The molecule has 5 nitrogen and oxygen atoms in total. The van der Waals surface area contributed by atoms with Gasteiger partial charge in [-0.15, -0.1) is 0 Å². The maximum atomic E-state index is 13.0. The molecule has 2 aromatic rings. The van der Waals surface area contributed by atoms with Crippen LogP contribution in [0, 0.1) is 0 Å². The van der Waals surface area contributed by atoms with Gasteiger partial charge in [0.1, 0.15) is 5.69 Å². The van der Waals surface area contributed by atoms with Crippen molar-refractivity contribution in [3.05, 3.63) is 53.9 Å². The first-order chi connectivity index (χ1) is 12.2. The summed E-state index contributed by atoms with van der Waals surface area (Å²) in [6, 6.07) is 12.0. The summed E-state index contributed by atoms with van der Waals surface area (Å²) in [4.78, 5) is 19.2. The van der Waals surface area contributed by atoms with E-state index in [0.717, 1.165) is 43.8 Å². The third-order valence-corrected chi connectivity index (χ3v) is 4.96. The van der Waals surface area contributed by atoms with Crippen molar-refractivity contribution in [1.82, 2.24) is 4.98 Å². The first-order valence-electron chi connectivity index (χ1n) is 8.95. The molecule has 0 bridgehead atoms. The zero-order chi connectivity index (χ0) is 17.2. The van der Waals surface area contributed by atoms with Crippen LogP contribution in [0.2, 0.25) is 0 Å². The predicted molar refractivity (Wildman–Crippen MR) is 98.1 cm³/mol. The fourth-order valence-corrected chi connectivity index (χ4v) is 3.69. The molecule has 1 aromatic carbocycles. The van der Waals surface area contributed by atoms with Gasteiger partial charge in [0.05, 0.1) is 6.10 Å². The highest BCUT2D eigenvalue weighted by atomic mass is 16.5. The van der Waals surface area contributed by atoms with E-state index in [2.05, 4.69) is 23.3 Å². The quantitative estimate of drug-likeness (QED) is 0.930. The van der Waals surface area contributed by atoms with Gasteiger partial charge in [0.25, 0.3) is 5.91 Å². The van der Waals surface area contributed by atoms with Gasteiger partial charge in [-0.05, 0) is 49.9 Å². The number of hydrogen-bond acceptors (Lipinski definition) is 4. The van der Waals surface area contributed by atoms with Crippen LogP contribution in [0.1, 0.15) is 35.8 Å². The molecular weight excluding hydrogens is 314 g/mol. The fourth-order valence-electron chi connectivity index (χ4n) is 3.69. The second-order valence-corrected chi connectivity index (χ2v) is 6.80. The molecule has 0 radical (unpaired) electrons. The van der Waals surface area contributed by atoms with Crippen molar-refractivity contribution in [2.24, 2.45) is 0 Å². The van der Waals surface area contributed by atoms with Crippen molar-refractivity contribution in [2.75, 3.05) is 23.4 Å². The Morgan fingerprint density at radius 3 is 3.08 bits per heavy atom. The summed E-state index contributed by atoms with van der Waals surface area (Å²) >= 11 is 0. The minimum atomic E-state index is -0.0433. The van der Waals surface area contributed by atoms with Crippen LogP contribution in [0.5, 0.6) is 0 Å². The summed E-state index contributed by atoms with van der Waals surface area (Å²) in [7, 11) is 0. The number of pyridine rings is 1. The number of para-hydroxylation sites is 1. The Hall–Kier alpha value is -2.40. The van der Waals surface area contributed by atoms with Crippen LogP contribution in [-0.2, 0) is 11.2 Å². The minimum absolute atomic E-state index is 0.0433. The number of nitrogens with zero attached hydrogens (tertiary/aromatic N) is 2. The Morgan fingerprint density at radius 2 is 2.24 bits per heavy atom. The molecule has 2 unspecified atom stereocenters. The lowest BCUT2D eigenvalue weighted by atomic mass is 10.1. The van der Waals surface area contributed by atoms with Crippen molar-refractivity contribution in [3.8, 4) is 0 Å². The summed E-state index contributed by atoms with van der Waals surface area (Å²) in [6.07, 6.45) is 5.05. The Bertz CT molecular complexity index is 771. The first-order valence-corrected chi connectivity index (χ1v) is 8.95. The number of amides is 1. The molecule has 25 heavy (non-hydrogen) atoms. The number of hydrogen-bond donors (Lipinski definition) is 1. The lowest BCUT2D eigenvalue weighted by molar-refractivity contribution is 0.0976. The number of fused-ring (bicyclic) bond motifs is 1. The van der Waals surface area contributed by atoms with E-state index in [1.165, 1.54) is 5.56 Å². The third-order valence-electron chi connectivity index (χ3n) is 4.96. The van der Waals surface area contributed by atoms with Gasteiger partial charge in [-0.3, -0.25) is 9.78 Å². The maximum absolute atomic E-state index is 13.0. The number of anilines is 2. The summed E-state index contributed by atoms with van der Waals surface area (Å²) in [6.45, 7) is 3.69. The molecule has 0 aliphatic carbocycles. The Labute approximate surface area is 148 Å². The van der Waals surface area contributed by atoms with Crippen molar-refractivity contribution in [3.63, 3.8) is 0 Å². The molecule has 5 heteroatoms. The minimum Gasteiger partial charge on any atom is -0.382 e. The largest absolute Gasteiger partial charge is 0.382 e. The van der Waals surface area contributed by atoms with Crippen molar-refractivity contribution in [1.29, 1.82) is 0 Å². The molecule has 1 amide bonds. The van der Waals surface area contributed by atoms with Crippen LogP contribution in [0.15, 0.2) is 42.6 Å². The highest BCUT2D eigenvalue weighted by Crippen LogP contribution is 2.33. The maximum Gasteiger partial charge on any atom is 0.277 e. The molecule has 1 fully saturated rings. The number of rotatable bonds is 4. The Kier molecular flexibility index (Phi) is 4.40. The number of carbonyl (C=O) groups excluding carboxylic acids is 1. The van der Waals surface area contributed by atoms with Crippen molar-refractivity contribution < 1.29 is 9.53 Å². The van der Waals surface area contributed by atoms with E-state index in [9.17, 15) is 4.79 Å². The van der Waals surface area contributed by atoms with Crippen LogP contribution in [0.4, 0.5) is 11.4 Å². The first kappa shape index (κ1) is 16.1. The monoisotopic (exact) mass is 337 g/mol. The van der Waals surface area contributed by atoms with E-state index in [1.54, 1.807) is 6.20 Å². The van der Waals surface area contributed by atoms with Gasteiger partial charge in [-0.1, -0.05) is 18.2 Å². The molecule has 3 heterocycles. The topological polar surface area (TPSA) is 54.5 Å². The van der Waals surface area contributed by atoms with E-state index in [1.807, 2.05) is 35.2 Å². The van der Waals surface area contributed by atoms with Crippen LogP contribution < -0.4 is 10.2 Å². The standard InChI is InChI=1S/C20H23N3O2/c1-14-11-15-5-2-3-7-19(15)23(14)20(24)18-12-16(8-9-21-18)22-13-17-6-4-10-25-17/h2-3,5,7-9,12,14,17H,4,6,10-11,13H2,1H3,(H,21,22). The predicted octanol–water partition coefficient (Wildman–Crippen LogP) is 3.26. The molecule has 2 aliphatic rings. The average molecular weight is 337 g/mol. The normalized spacial score (nSPS) is 22.0. The Morgan fingerprint density at radius 1 is 1.36 bits per heavy atom. The highest BCUT2D eigenvalue weighted by molar-refractivity contribution is 6.06. The summed E-state index contributed by atoms with van der Waals surface area (Å²) in [5, 5.41) is 3.37. The molecule has 1 N–H and O–H groups in total. The van der Waals surface area contributed by atoms with E-state index >= 15 is 0 Å². The van der Waals surface area contributed by atoms with Crippen LogP contribution in [0.25, 0.3) is 0 Å². The van der Waals surface area contributed by atoms with Gasteiger partial charge in [0.15, 0.2) is 0 Å². The van der Waals surface area contributed by atoms with Gasteiger partial charge in [0.2, 0.25) is 0 Å². The molecule has 2 aliphatic heterocycles. The average Bonchev–Trinajstić information content (AvgIpc) is 3.26. The number of carbonyl (C=O) groups is 1. The van der Waals surface area contributed by atoms with Gasteiger partial charge in [0, 0.05) is 36.8 Å². The fraction of sp³-hybridized carbons (Fsp3) is 0.400. The molecule has 4 rings (SSSR count). The molecule has 0 spiro atoms. The molecule has 0 saturated carbocycles. The van der Waals surface area contributed by atoms with E-state index in [-0.39, 0.29) is 18.1 Å². The number of benzene rings is 1. The van der Waals surface area contributed by atoms with Crippen LogP contribution in [-0.4, -0.2) is 36.2 Å². The lowest BCUT2D eigenvalue weighted by Crippen LogP contribution is -2.36. The SMILES string of the molecule is CC1Cc2ccccc2N1C(=O)c1cc(NCC2CCCO2)ccn1. The summed E-state index contributed by atoms with van der Waals surface area (Å²) in [5.41, 5.74) is 3.60. The number of nitrogens with one attached hydrogen (secondary N) is 1. The Balaban J connectivity index is 1.51. The van der Waals surface area contributed by atoms with Crippen LogP contribution >= 0.6 is 0 Å². The number of aromatic nitrogens is 1. The lowest BCUT2D eigenvalue weighted by Gasteiger charge is -2.22. The summed E-state index contributed by atoms with van der Waals surface area (Å²) in [5.74, 6) is -0.0433. The van der Waals surface area contributed by atoms with Gasteiger partial charge >= 0.3 is 0 Å². The van der Waals surface area contributed by atoms with E-state index in [0.29, 0.717) is 5.69 Å². The number of ether oxygens (including phenoxy) is 1. The van der Waals surface area contributed by atoms with Crippen LogP contribution in [0.3, 0.4) is 0 Å². The summed E-state index contributed by atoms with van der Waals surface area (Å²) < 4.78 is 5.63. The molecular formula is C20H23N3O2. The highest BCUT2D eigenvalue weighted by Gasteiger charge is 2.31. The second kappa shape index (κ2) is 6.84. The smallest absolute Gasteiger partial charge is 0.277 e.